The number of rotatable bonds is 7. The van der Waals surface area contributed by atoms with Crippen molar-refractivity contribution < 1.29 is 27.8 Å². The number of fused-ring (bicyclic) bond motifs is 3. The summed E-state index contributed by atoms with van der Waals surface area (Å²) in [6.07, 6.45) is 3.85. The molecule has 2 N–H and O–H groups in total. The number of aliphatic hydroxyl groups is 1. The molecule has 3 aromatic rings. The molecule has 2 aliphatic rings. The Bertz CT molecular complexity index is 1230. The number of benzene rings is 1. The van der Waals surface area contributed by atoms with Crippen LogP contribution in [-0.4, -0.2) is 59.3 Å². The summed E-state index contributed by atoms with van der Waals surface area (Å²) in [5.74, 6) is -4.21. The molecule has 35 heavy (non-hydrogen) atoms. The monoisotopic (exact) mass is 489 g/mol. The van der Waals surface area contributed by atoms with Crippen LogP contribution in [0, 0.1) is 5.82 Å². The molecule has 2 fully saturated rings. The van der Waals surface area contributed by atoms with Crippen LogP contribution in [0.1, 0.15) is 36.9 Å². The van der Waals surface area contributed by atoms with Crippen LogP contribution in [0.3, 0.4) is 0 Å². The summed E-state index contributed by atoms with van der Waals surface area (Å²) >= 11 is 0. The quantitative estimate of drug-likeness (QED) is 0.518. The van der Waals surface area contributed by atoms with Crippen molar-refractivity contribution in [2.24, 2.45) is 0 Å². The molecule has 5 rings (SSSR count). The van der Waals surface area contributed by atoms with Crippen molar-refractivity contribution in [3.05, 3.63) is 47.4 Å². The van der Waals surface area contributed by atoms with E-state index in [1.807, 2.05) is 6.07 Å². The largest absolute Gasteiger partial charge is 0.478 e. The number of nitrogens with one attached hydrogen (secondary N) is 1. The summed E-state index contributed by atoms with van der Waals surface area (Å²) in [7, 11) is 1.47. The summed E-state index contributed by atoms with van der Waals surface area (Å²) in [4.78, 5) is 6.90. The fraction of sp³-hybridized carbons (Fsp3) is 0.458. The molecule has 11 heteroatoms. The molecular weight excluding hydrogens is 463 g/mol. The van der Waals surface area contributed by atoms with E-state index in [1.54, 1.807) is 13.1 Å². The zero-order valence-corrected chi connectivity index (χ0v) is 19.3. The Balaban J connectivity index is 1.53. The lowest BCUT2D eigenvalue weighted by Crippen LogP contribution is -2.45. The molecule has 2 unspecified atom stereocenters. The van der Waals surface area contributed by atoms with E-state index in [-0.39, 0.29) is 23.5 Å². The third-order valence-corrected chi connectivity index (χ3v) is 6.74. The number of alkyl halides is 2. The zero-order valence-electron chi connectivity index (χ0n) is 19.3. The Morgan fingerprint density at radius 1 is 1.26 bits per heavy atom. The highest BCUT2D eigenvalue weighted by molar-refractivity contribution is 5.94. The van der Waals surface area contributed by atoms with Crippen molar-refractivity contribution in [2.45, 2.75) is 43.8 Å². The molecule has 2 aliphatic heterocycles. The number of aliphatic hydroxyl groups excluding tert-OH is 1. The van der Waals surface area contributed by atoms with Gasteiger partial charge < -0.3 is 24.8 Å². The van der Waals surface area contributed by atoms with Crippen LogP contribution in [0.5, 0.6) is 5.88 Å². The minimum atomic E-state index is -3.69. The van der Waals surface area contributed by atoms with Gasteiger partial charge in [-0.15, -0.1) is 10.2 Å². The summed E-state index contributed by atoms with van der Waals surface area (Å²) in [5.41, 5.74) is 0.540. The van der Waals surface area contributed by atoms with E-state index in [9.17, 15) is 8.78 Å². The Labute approximate surface area is 200 Å². The number of ether oxygens (including phenoxy) is 2. The van der Waals surface area contributed by atoms with E-state index in [0.29, 0.717) is 29.9 Å². The molecule has 0 aliphatic carbocycles. The average Bonchev–Trinajstić information content (AvgIpc) is 3.11. The number of anilines is 2. The van der Waals surface area contributed by atoms with Crippen LogP contribution in [-0.2, 0) is 10.7 Å². The Morgan fingerprint density at radius 3 is 2.69 bits per heavy atom. The predicted molar refractivity (Wildman–Crippen MR) is 123 cm³/mol. The van der Waals surface area contributed by atoms with E-state index in [2.05, 4.69) is 25.4 Å². The van der Waals surface area contributed by atoms with E-state index < -0.39 is 30.0 Å². The molecule has 0 spiro atoms. The number of hydrogen-bond donors (Lipinski definition) is 2. The Morgan fingerprint density at radius 2 is 2.00 bits per heavy atom. The number of methoxy groups -OCH3 is 1. The third kappa shape index (κ3) is 4.12. The minimum Gasteiger partial charge on any atom is -0.478 e. The lowest BCUT2D eigenvalue weighted by atomic mass is 10.00. The van der Waals surface area contributed by atoms with Gasteiger partial charge in [0.2, 0.25) is 0 Å². The van der Waals surface area contributed by atoms with Crippen LogP contribution in [0.4, 0.5) is 24.7 Å². The van der Waals surface area contributed by atoms with Crippen LogP contribution in [0.15, 0.2) is 30.5 Å². The third-order valence-electron chi connectivity index (χ3n) is 6.74. The number of halogens is 3. The van der Waals surface area contributed by atoms with Crippen LogP contribution in [0.2, 0.25) is 0 Å². The van der Waals surface area contributed by atoms with Gasteiger partial charge in [0.15, 0.2) is 5.82 Å². The fourth-order valence-electron chi connectivity index (χ4n) is 4.97. The second kappa shape index (κ2) is 9.12. The first-order valence-electron chi connectivity index (χ1n) is 11.4. The zero-order chi connectivity index (χ0) is 24.7. The van der Waals surface area contributed by atoms with E-state index in [1.165, 1.54) is 19.2 Å². The van der Waals surface area contributed by atoms with Gasteiger partial charge in [0.1, 0.15) is 17.9 Å². The number of morpholine rings is 1. The van der Waals surface area contributed by atoms with Crippen LogP contribution < -0.4 is 15.0 Å². The van der Waals surface area contributed by atoms with Gasteiger partial charge in [-0.25, -0.2) is 9.37 Å². The molecule has 4 heterocycles. The Kier molecular flexibility index (Phi) is 6.14. The SMILES string of the molecule is COc1nnc(N[C@H](C)c2cccc(C(F)(F)CO)c2F)c2cc(N3C4CCC3COC4)cnc12. The molecule has 0 amide bonds. The molecule has 0 radical (unpaired) electrons. The summed E-state index contributed by atoms with van der Waals surface area (Å²) in [5, 5.41) is 21.0. The van der Waals surface area contributed by atoms with Gasteiger partial charge in [-0.2, -0.15) is 8.78 Å². The molecular formula is C24H26F3N5O3. The highest BCUT2D eigenvalue weighted by atomic mass is 19.3. The summed E-state index contributed by atoms with van der Waals surface area (Å²) in [6.45, 7) is 1.46. The highest BCUT2D eigenvalue weighted by Gasteiger charge is 2.38. The highest BCUT2D eigenvalue weighted by Crippen LogP contribution is 2.38. The normalized spacial score (nSPS) is 20.8. The number of nitrogens with zero attached hydrogens (tertiary/aromatic N) is 4. The molecule has 1 aromatic carbocycles. The van der Waals surface area contributed by atoms with Crippen molar-refractivity contribution >= 4 is 22.4 Å². The molecule has 8 nitrogen and oxygen atoms in total. The average molecular weight is 489 g/mol. The standard InChI is InChI=1S/C24H26F3N5O3/c1-13(17-4-3-5-19(20(17)25)24(26,27)12-33)29-22-18-8-16(9-28-21(18)23(34-2)31-30-22)32-14-6-7-15(32)11-35-10-14/h3-5,8-9,13-15,33H,6-7,10-12H2,1-2H3,(H,29,30)/t13-,14?,15?/m1/s1. The lowest BCUT2D eigenvalue weighted by Gasteiger charge is -2.36. The smallest absolute Gasteiger partial charge is 0.298 e. The number of aromatic nitrogens is 3. The molecule has 2 bridgehead atoms. The summed E-state index contributed by atoms with van der Waals surface area (Å²) in [6, 6.07) is 5.46. The first kappa shape index (κ1) is 23.6. The van der Waals surface area contributed by atoms with E-state index in [4.69, 9.17) is 14.6 Å². The van der Waals surface area contributed by atoms with Crippen molar-refractivity contribution in [1.82, 2.24) is 15.2 Å². The predicted octanol–water partition coefficient (Wildman–Crippen LogP) is 3.80. The number of hydrogen-bond acceptors (Lipinski definition) is 8. The maximum Gasteiger partial charge on any atom is 0.298 e. The molecule has 2 saturated heterocycles. The van der Waals surface area contributed by atoms with Crippen molar-refractivity contribution in [3.63, 3.8) is 0 Å². The molecule has 2 aromatic heterocycles. The van der Waals surface area contributed by atoms with Crippen molar-refractivity contribution in [1.29, 1.82) is 0 Å². The first-order valence-corrected chi connectivity index (χ1v) is 11.4. The minimum absolute atomic E-state index is 0.0109. The second-order valence-electron chi connectivity index (χ2n) is 8.91. The molecule has 0 saturated carbocycles. The van der Waals surface area contributed by atoms with E-state index >= 15 is 4.39 Å². The van der Waals surface area contributed by atoms with Gasteiger partial charge in [-0.3, -0.25) is 0 Å². The summed E-state index contributed by atoms with van der Waals surface area (Å²) < 4.78 is 54.1. The van der Waals surface area contributed by atoms with Gasteiger partial charge in [0.25, 0.3) is 11.8 Å². The Hall–Kier alpha value is -3.18. The van der Waals surface area contributed by atoms with Gasteiger partial charge in [-0.1, -0.05) is 12.1 Å². The molecule has 3 atom stereocenters. The van der Waals surface area contributed by atoms with Gasteiger partial charge in [0.05, 0.1) is 61.3 Å². The van der Waals surface area contributed by atoms with Gasteiger partial charge >= 0.3 is 0 Å². The topological polar surface area (TPSA) is 92.6 Å². The van der Waals surface area contributed by atoms with Crippen molar-refractivity contribution in [3.8, 4) is 5.88 Å². The molecule has 186 valence electrons. The van der Waals surface area contributed by atoms with Gasteiger partial charge in [0, 0.05) is 5.56 Å². The maximum atomic E-state index is 15.0. The maximum absolute atomic E-state index is 15.0. The second-order valence-corrected chi connectivity index (χ2v) is 8.91. The fourth-order valence-corrected chi connectivity index (χ4v) is 4.97. The number of pyridine rings is 1. The lowest BCUT2D eigenvalue weighted by molar-refractivity contribution is -0.0583. The van der Waals surface area contributed by atoms with E-state index in [0.717, 1.165) is 24.6 Å². The van der Waals surface area contributed by atoms with Gasteiger partial charge in [-0.05, 0) is 31.9 Å². The van der Waals surface area contributed by atoms with Crippen LogP contribution >= 0.6 is 0 Å². The first-order chi connectivity index (χ1) is 16.8. The van der Waals surface area contributed by atoms with Crippen molar-refractivity contribution in [2.75, 3.05) is 37.1 Å². The van der Waals surface area contributed by atoms with Crippen LogP contribution in [0.25, 0.3) is 10.9 Å².